The Labute approximate surface area is 185 Å². The number of hydrogen-bond donors (Lipinski definition) is 2. The number of imide groups is 1. The smallest absolute Gasteiger partial charge is 0.278 e. The van der Waals surface area contributed by atoms with E-state index in [0.717, 1.165) is 4.90 Å². The van der Waals surface area contributed by atoms with Gasteiger partial charge in [0.05, 0.1) is 32.9 Å². The first kappa shape index (κ1) is 22.8. The van der Waals surface area contributed by atoms with Crippen molar-refractivity contribution in [3.05, 3.63) is 53.7 Å². The lowest BCUT2D eigenvalue weighted by atomic mass is 10.0. The van der Waals surface area contributed by atoms with Crippen LogP contribution in [0, 0.1) is 0 Å². The molecule has 9 heteroatoms. The molecule has 168 valence electrons. The van der Waals surface area contributed by atoms with Crippen LogP contribution in [0.4, 0.5) is 11.4 Å². The molecule has 3 amide bonds. The van der Waals surface area contributed by atoms with E-state index in [2.05, 4.69) is 10.6 Å². The van der Waals surface area contributed by atoms with Gasteiger partial charge >= 0.3 is 0 Å². The van der Waals surface area contributed by atoms with Crippen LogP contribution in [-0.4, -0.2) is 57.1 Å². The summed E-state index contributed by atoms with van der Waals surface area (Å²) in [5, 5.41) is 5.75. The van der Waals surface area contributed by atoms with Crippen LogP contribution in [0.3, 0.4) is 0 Å². The molecule has 1 heterocycles. The number of rotatable bonds is 9. The standard InChI is InChI=1S/C23H25N3O6/c1-14(27)24-16-6-8-17(9-7-16)25-21-20(22(28)26(23(21)29)11-12-30-2)15-5-10-18(31-3)19(13-15)32-4/h5-10,13,25H,11-12H2,1-4H3,(H,24,27). The summed E-state index contributed by atoms with van der Waals surface area (Å²) in [5.74, 6) is -0.131. The minimum Gasteiger partial charge on any atom is -0.493 e. The van der Waals surface area contributed by atoms with Crippen LogP contribution in [0.15, 0.2) is 48.2 Å². The molecule has 1 aliphatic rings. The maximum absolute atomic E-state index is 13.2. The van der Waals surface area contributed by atoms with Crippen LogP contribution in [0.5, 0.6) is 11.5 Å². The van der Waals surface area contributed by atoms with Gasteiger partial charge in [-0.25, -0.2) is 0 Å². The minimum atomic E-state index is -0.456. The fourth-order valence-electron chi connectivity index (χ4n) is 3.32. The first-order valence-corrected chi connectivity index (χ1v) is 9.86. The van der Waals surface area contributed by atoms with Crippen LogP contribution < -0.4 is 20.1 Å². The number of hydrogen-bond acceptors (Lipinski definition) is 7. The predicted molar refractivity (Wildman–Crippen MR) is 119 cm³/mol. The summed E-state index contributed by atoms with van der Waals surface area (Å²) < 4.78 is 15.7. The highest BCUT2D eigenvalue weighted by Gasteiger charge is 2.39. The van der Waals surface area contributed by atoms with E-state index in [9.17, 15) is 14.4 Å². The molecule has 0 radical (unpaired) electrons. The van der Waals surface area contributed by atoms with Crippen LogP contribution >= 0.6 is 0 Å². The summed E-state index contributed by atoms with van der Waals surface area (Å²) in [5.41, 5.74) is 2.08. The monoisotopic (exact) mass is 439 g/mol. The first-order valence-electron chi connectivity index (χ1n) is 9.86. The average molecular weight is 439 g/mol. The summed E-state index contributed by atoms with van der Waals surface area (Å²) in [6, 6.07) is 11.8. The molecule has 0 saturated heterocycles. The highest BCUT2D eigenvalue weighted by Crippen LogP contribution is 2.35. The molecule has 2 N–H and O–H groups in total. The van der Waals surface area contributed by atoms with Gasteiger partial charge in [-0.1, -0.05) is 6.07 Å². The number of amides is 3. The fraction of sp³-hybridized carbons (Fsp3) is 0.261. The Morgan fingerprint density at radius 2 is 1.56 bits per heavy atom. The fourth-order valence-corrected chi connectivity index (χ4v) is 3.32. The zero-order valence-electron chi connectivity index (χ0n) is 18.4. The van der Waals surface area contributed by atoms with Gasteiger partial charge < -0.3 is 24.8 Å². The molecule has 0 unspecified atom stereocenters. The minimum absolute atomic E-state index is 0.123. The van der Waals surface area contributed by atoms with E-state index in [0.29, 0.717) is 28.4 Å². The van der Waals surface area contributed by atoms with Crippen molar-refractivity contribution in [1.82, 2.24) is 4.90 Å². The Kier molecular flexibility index (Phi) is 7.11. The molecule has 0 aliphatic carbocycles. The van der Waals surface area contributed by atoms with Crippen LogP contribution in [-0.2, 0) is 19.1 Å². The summed E-state index contributed by atoms with van der Waals surface area (Å²) in [7, 11) is 4.52. The van der Waals surface area contributed by atoms with E-state index in [-0.39, 0.29) is 30.3 Å². The first-order chi connectivity index (χ1) is 15.4. The van der Waals surface area contributed by atoms with Crippen molar-refractivity contribution >= 4 is 34.7 Å². The molecule has 2 aromatic carbocycles. The van der Waals surface area contributed by atoms with Gasteiger partial charge in [0.2, 0.25) is 5.91 Å². The number of nitrogens with zero attached hydrogens (tertiary/aromatic N) is 1. The highest BCUT2D eigenvalue weighted by molar-refractivity contribution is 6.36. The molecule has 0 atom stereocenters. The number of methoxy groups -OCH3 is 3. The number of carbonyl (C=O) groups excluding carboxylic acids is 3. The third kappa shape index (κ3) is 4.73. The molecule has 2 aromatic rings. The Bertz CT molecular complexity index is 1060. The number of nitrogens with one attached hydrogen (secondary N) is 2. The molecule has 3 rings (SSSR count). The number of benzene rings is 2. The van der Waals surface area contributed by atoms with Gasteiger partial charge in [0.25, 0.3) is 11.8 Å². The van der Waals surface area contributed by atoms with Crippen LogP contribution in [0.25, 0.3) is 5.57 Å². The molecule has 0 bridgehead atoms. The zero-order valence-corrected chi connectivity index (χ0v) is 18.4. The van der Waals surface area contributed by atoms with Gasteiger partial charge in [-0.3, -0.25) is 19.3 Å². The molecule has 0 fully saturated rings. The summed E-state index contributed by atoms with van der Waals surface area (Å²) in [6.07, 6.45) is 0. The van der Waals surface area contributed by atoms with E-state index < -0.39 is 11.8 Å². The molecular formula is C23H25N3O6. The lowest BCUT2D eigenvalue weighted by Crippen LogP contribution is -2.35. The predicted octanol–water partition coefficient (Wildman–Crippen LogP) is 2.50. The number of carbonyl (C=O) groups is 3. The summed E-state index contributed by atoms with van der Waals surface area (Å²) >= 11 is 0. The highest BCUT2D eigenvalue weighted by atomic mass is 16.5. The Hall–Kier alpha value is -3.85. The molecule has 0 saturated carbocycles. The van der Waals surface area contributed by atoms with E-state index >= 15 is 0 Å². The zero-order chi connectivity index (χ0) is 23.3. The topological polar surface area (TPSA) is 106 Å². The molecule has 9 nitrogen and oxygen atoms in total. The Morgan fingerprint density at radius 3 is 2.16 bits per heavy atom. The van der Waals surface area contributed by atoms with Crippen LogP contribution in [0.1, 0.15) is 12.5 Å². The quantitative estimate of drug-likeness (QED) is 0.578. The van der Waals surface area contributed by atoms with Gasteiger partial charge in [0, 0.05) is 25.4 Å². The van der Waals surface area contributed by atoms with Crippen molar-refractivity contribution in [2.75, 3.05) is 45.1 Å². The average Bonchev–Trinajstić information content (AvgIpc) is 3.01. The van der Waals surface area contributed by atoms with E-state index in [1.807, 2.05) is 0 Å². The molecule has 1 aliphatic heterocycles. The second-order valence-electron chi connectivity index (χ2n) is 6.96. The number of ether oxygens (including phenoxy) is 3. The largest absolute Gasteiger partial charge is 0.493 e. The van der Waals surface area contributed by atoms with Gasteiger partial charge in [-0.2, -0.15) is 0 Å². The maximum Gasteiger partial charge on any atom is 0.278 e. The van der Waals surface area contributed by atoms with Gasteiger partial charge in [0.15, 0.2) is 11.5 Å². The van der Waals surface area contributed by atoms with E-state index in [1.54, 1.807) is 42.5 Å². The third-order valence-electron chi connectivity index (χ3n) is 4.83. The lowest BCUT2D eigenvalue weighted by Gasteiger charge is -2.14. The Balaban J connectivity index is 2.02. The van der Waals surface area contributed by atoms with Crippen molar-refractivity contribution in [3.8, 4) is 11.5 Å². The van der Waals surface area contributed by atoms with Crippen molar-refractivity contribution < 1.29 is 28.6 Å². The second-order valence-corrected chi connectivity index (χ2v) is 6.96. The SMILES string of the molecule is COCCN1C(=O)C(Nc2ccc(NC(C)=O)cc2)=C(c2ccc(OC)c(OC)c2)C1=O. The van der Waals surface area contributed by atoms with Crippen molar-refractivity contribution in [2.24, 2.45) is 0 Å². The van der Waals surface area contributed by atoms with Crippen LogP contribution in [0.2, 0.25) is 0 Å². The van der Waals surface area contributed by atoms with E-state index in [1.165, 1.54) is 28.3 Å². The van der Waals surface area contributed by atoms with E-state index in [4.69, 9.17) is 14.2 Å². The Morgan fingerprint density at radius 1 is 0.906 bits per heavy atom. The van der Waals surface area contributed by atoms with Crippen molar-refractivity contribution in [3.63, 3.8) is 0 Å². The summed E-state index contributed by atoms with van der Waals surface area (Å²) in [6.45, 7) is 1.76. The van der Waals surface area contributed by atoms with Crippen molar-refractivity contribution in [1.29, 1.82) is 0 Å². The van der Waals surface area contributed by atoms with Crippen molar-refractivity contribution in [2.45, 2.75) is 6.92 Å². The van der Waals surface area contributed by atoms with Gasteiger partial charge in [-0.15, -0.1) is 0 Å². The molecule has 32 heavy (non-hydrogen) atoms. The second kappa shape index (κ2) is 9.97. The third-order valence-corrected chi connectivity index (χ3v) is 4.83. The molecule has 0 aromatic heterocycles. The maximum atomic E-state index is 13.2. The molecule has 0 spiro atoms. The lowest BCUT2D eigenvalue weighted by molar-refractivity contribution is -0.137. The normalized spacial score (nSPS) is 13.4. The van der Waals surface area contributed by atoms with Gasteiger partial charge in [-0.05, 0) is 42.0 Å². The number of anilines is 2. The summed E-state index contributed by atoms with van der Waals surface area (Å²) in [4.78, 5) is 38.7. The van der Waals surface area contributed by atoms with Gasteiger partial charge in [0.1, 0.15) is 5.70 Å². The molecular weight excluding hydrogens is 414 g/mol.